The summed E-state index contributed by atoms with van der Waals surface area (Å²) in [5.41, 5.74) is 6.46. The Bertz CT molecular complexity index is 777. The van der Waals surface area contributed by atoms with E-state index < -0.39 is 0 Å². The van der Waals surface area contributed by atoms with E-state index in [4.69, 9.17) is 0 Å². The van der Waals surface area contributed by atoms with Crippen molar-refractivity contribution in [2.45, 2.75) is 65.8 Å². The highest BCUT2D eigenvalue weighted by molar-refractivity contribution is 14.0. The van der Waals surface area contributed by atoms with E-state index >= 15 is 0 Å². The zero-order valence-corrected chi connectivity index (χ0v) is 21.4. The lowest BCUT2D eigenvalue weighted by molar-refractivity contribution is 0.631. The van der Waals surface area contributed by atoms with Gasteiger partial charge in [-0.05, 0) is 62.6 Å². The molecule has 1 heterocycles. The van der Waals surface area contributed by atoms with Gasteiger partial charge in [-0.1, -0.05) is 38.1 Å². The maximum absolute atomic E-state index is 4.51. The normalized spacial score (nSPS) is 12.6. The van der Waals surface area contributed by atoms with Gasteiger partial charge in [-0.2, -0.15) is 5.10 Å². The van der Waals surface area contributed by atoms with Crippen LogP contribution in [-0.4, -0.2) is 35.4 Å². The third-order valence-electron chi connectivity index (χ3n) is 5.36. The van der Waals surface area contributed by atoms with E-state index in [1.165, 1.54) is 22.4 Å². The Hall–Kier alpha value is -1.57. The maximum Gasteiger partial charge on any atom is 0.191 e. The summed E-state index contributed by atoms with van der Waals surface area (Å²) < 4.78 is 1.96. The number of aryl methyl sites for hydroxylation is 3. The van der Waals surface area contributed by atoms with E-state index in [1.807, 2.05) is 18.8 Å². The quantitative estimate of drug-likeness (QED) is 0.238. The molecule has 0 fully saturated rings. The molecule has 0 saturated heterocycles. The van der Waals surface area contributed by atoms with Gasteiger partial charge in [-0.15, -0.1) is 24.0 Å². The van der Waals surface area contributed by atoms with Gasteiger partial charge < -0.3 is 10.6 Å². The van der Waals surface area contributed by atoms with Gasteiger partial charge in [0, 0.05) is 32.4 Å². The Morgan fingerprint density at radius 2 is 1.79 bits per heavy atom. The van der Waals surface area contributed by atoms with E-state index in [2.05, 4.69) is 79.6 Å². The molecule has 0 amide bonds. The van der Waals surface area contributed by atoms with Crippen LogP contribution in [0.5, 0.6) is 0 Å². The first-order valence-electron chi connectivity index (χ1n) is 10.4. The molecule has 0 saturated carbocycles. The average Bonchev–Trinajstić information content (AvgIpc) is 2.90. The number of aromatic nitrogens is 2. The number of benzene rings is 1. The summed E-state index contributed by atoms with van der Waals surface area (Å²) in [7, 11) is 3.83. The van der Waals surface area contributed by atoms with Crippen LogP contribution in [0.2, 0.25) is 0 Å². The van der Waals surface area contributed by atoms with Crippen LogP contribution in [0.3, 0.4) is 0 Å². The molecule has 5 nitrogen and oxygen atoms in total. The van der Waals surface area contributed by atoms with Crippen molar-refractivity contribution < 1.29 is 0 Å². The van der Waals surface area contributed by atoms with Gasteiger partial charge in [0.05, 0.1) is 5.69 Å². The molecular formula is C23H38IN5. The van der Waals surface area contributed by atoms with E-state index in [0.717, 1.165) is 37.5 Å². The fourth-order valence-corrected chi connectivity index (χ4v) is 3.47. The number of guanidine groups is 1. The Morgan fingerprint density at radius 3 is 2.31 bits per heavy atom. The Labute approximate surface area is 193 Å². The van der Waals surface area contributed by atoms with Crippen LogP contribution in [0, 0.1) is 13.8 Å². The van der Waals surface area contributed by atoms with Crippen LogP contribution in [0.4, 0.5) is 0 Å². The van der Waals surface area contributed by atoms with Gasteiger partial charge >= 0.3 is 0 Å². The highest BCUT2D eigenvalue weighted by Crippen LogP contribution is 2.15. The molecule has 162 valence electrons. The van der Waals surface area contributed by atoms with Crippen molar-refractivity contribution in [1.82, 2.24) is 20.4 Å². The van der Waals surface area contributed by atoms with Crippen LogP contribution in [-0.2, 0) is 19.9 Å². The Balaban J connectivity index is 0.00000420. The number of nitrogens with one attached hydrogen (secondary N) is 2. The van der Waals surface area contributed by atoms with Gasteiger partial charge in [-0.3, -0.25) is 9.67 Å². The second-order valence-electron chi connectivity index (χ2n) is 8.02. The average molecular weight is 511 g/mol. The minimum absolute atomic E-state index is 0. The molecule has 1 atom stereocenters. The molecule has 1 aromatic carbocycles. The predicted molar refractivity (Wildman–Crippen MR) is 135 cm³/mol. The maximum atomic E-state index is 4.51. The molecule has 2 rings (SSSR count). The first-order chi connectivity index (χ1) is 13.3. The zero-order chi connectivity index (χ0) is 20.7. The molecule has 2 aromatic rings. The molecule has 0 bridgehead atoms. The smallest absolute Gasteiger partial charge is 0.191 e. The van der Waals surface area contributed by atoms with E-state index in [9.17, 15) is 0 Å². The standard InChI is InChI=1S/C23H37N5.HI/c1-16(2)21-12-10-20(11-13-21)9-8-14-25-23(24-6)26-17(3)15-22-18(4)27-28(7)19(22)5;/h10-13,16-17H,8-9,14-15H2,1-7H3,(H2,24,25,26);1H. The molecule has 1 aromatic heterocycles. The molecule has 0 aliphatic carbocycles. The van der Waals surface area contributed by atoms with Gasteiger partial charge in [0.1, 0.15) is 0 Å². The summed E-state index contributed by atoms with van der Waals surface area (Å²) in [5, 5.41) is 11.4. The summed E-state index contributed by atoms with van der Waals surface area (Å²) in [5.74, 6) is 1.45. The molecular weight excluding hydrogens is 473 g/mol. The highest BCUT2D eigenvalue weighted by atomic mass is 127. The summed E-state index contributed by atoms with van der Waals surface area (Å²) in [6.45, 7) is 11.8. The molecule has 0 radical (unpaired) electrons. The van der Waals surface area contributed by atoms with Crippen LogP contribution in [0.1, 0.15) is 61.2 Å². The van der Waals surface area contributed by atoms with E-state index in [-0.39, 0.29) is 30.0 Å². The van der Waals surface area contributed by atoms with E-state index in [1.54, 1.807) is 0 Å². The molecule has 1 unspecified atom stereocenters. The van der Waals surface area contributed by atoms with Gasteiger partial charge in [-0.25, -0.2) is 0 Å². The highest BCUT2D eigenvalue weighted by Gasteiger charge is 2.13. The molecule has 6 heteroatoms. The van der Waals surface area contributed by atoms with Crippen molar-refractivity contribution in [3.05, 3.63) is 52.3 Å². The first kappa shape index (κ1) is 25.5. The van der Waals surface area contributed by atoms with Crippen molar-refractivity contribution in [2.24, 2.45) is 12.0 Å². The first-order valence-corrected chi connectivity index (χ1v) is 10.4. The minimum Gasteiger partial charge on any atom is -0.356 e. The fourth-order valence-electron chi connectivity index (χ4n) is 3.47. The molecule has 0 aliphatic heterocycles. The molecule has 29 heavy (non-hydrogen) atoms. The lowest BCUT2D eigenvalue weighted by Gasteiger charge is -2.18. The SMILES string of the molecule is CN=C(NCCCc1ccc(C(C)C)cc1)NC(C)Cc1c(C)nn(C)c1C.I. The van der Waals surface area contributed by atoms with Crippen LogP contribution >= 0.6 is 24.0 Å². The van der Waals surface area contributed by atoms with Gasteiger partial charge in [0.25, 0.3) is 0 Å². The summed E-state index contributed by atoms with van der Waals surface area (Å²) >= 11 is 0. The Kier molecular flexibility index (Phi) is 10.7. The van der Waals surface area contributed by atoms with Crippen LogP contribution < -0.4 is 10.6 Å². The van der Waals surface area contributed by atoms with Crippen molar-refractivity contribution in [1.29, 1.82) is 0 Å². The number of halogens is 1. The summed E-state index contributed by atoms with van der Waals surface area (Å²) in [4.78, 5) is 4.37. The van der Waals surface area contributed by atoms with Crippen LogP contribution in [0.15, 0.2) is 29.3 Å². The second kappa shape index (κ2) is 12.2. The molecule has 0 aliphatic rings. The summed E-state index contributed by atoms with van der Waals surface area (Å²) in [6.07, 6.45) is 3.09. The van der Waals surface area contributed by atoms with Crippen molar-refractivity contribution in [3.63, 3.8) is 0 Å². The lowest BCUT2D eigenvalue weighted by Crippen LogP contribution is -2.43. The topological polar surface area (TPSA) is 54.2 Å². The predicted octanol–water partition coefficient (Wildman–Crippen LogP) is 4.51. The largest absolute Gasteiger partial charge is 0.356 e. The molecule has 2 N–H and O–H groups in total. The van der Waals surface area contributed by atoms with Crippen molar-refractivity contribution in [3.8, 4) is 0 Å². The molecule has 0 spiro atoms. The third kappa shape index (κ3) is 7.64. The minimum atomic E-state index is 0. The fraction of sp³-hybridized carbons (Fsp3) is 0.565. The van der Waals surface area contributed by atoms with E-state index in [0.29, 0.717) is 5.92 Å². The number of hydrogen-bond donors (Lipinski definition) is 2. The number of rotatable bonds is 8. The third-order valence-corrected chi connectivity index (χ3v) is 5.36. The van der Waals surface area contributed by atoms with Gasteiger partial charge in [0.2, 0.25) is 0 Å². The number of hydrogen-bond acceptors (Lipinski definition) is 2. The van der Waals surface area contributed by atoms with Crippen molar-refractivity contribution >= 4 is 29.9 Å². The van der Waals surface area contributed by atoms with Crippen molar-refractivity contribution in [2.75, 3.05) is 13.6 Å². The van der Waals surface area contributed by atoms with Gasteiger partial charge in [0.15, 0.2) is 5.96 Å². The number of nitrogens with zero attached hydrogens (tertiary/aromatic N) is 3. The monoisotopic (exact) mass is 511 g/mol. The summed E-state index contributed by atoms with van der Waals surface area (Å²) in [6, 6.07) is 9.29. The zero-order valence-electron chi connectivity index (χ0n) is 19.0. The Morgan fingerprint density at radius 1 is 1.14 bits per heavy atom. The second-order valence-corrected chi connectivity index (χ2v) is 8.02. The lowest BCUT2D eigenvalue weighted by atomic mass is 10.0. The van der Waals surface area contributed by atoms with Crippen LogP contribution in [0.25, 0.3) is 0 Å². The number of aliphatic imine (C=N–C) groups is 1.